The quantitative estimate of drug-likeness (QED) is 0.422. The van der Waals surface area contributed by atoms with E-state index < -0.39 is 13.2 Å². The van der Waals surface area contributed by atoms with Crippen LogP contribution in [0.4, 0.5) is 10.5 Å². The molecular weight excluding hydrogens is 399 g/mol. The summed E-state index contributed by atoms with van der Waals surface area (Å²) in [5, 5.41) is 38.9. The molecular formula is C20H21BN6O4. The van der Waals surface area contributed by atoms with Gasteiger partial charge in [0, 0.05) is 29.9 Å². The highest BCUT2D eigenvalue weighted by molar-refractivity contribution is 6.60. The number of carbonyl (C=O) groups excluding carboxylic acids is 1. The third-order valence-corrected chi connectivity index (χ3v) is 5.42. The minimum atomic E-state index is -1.67. The highest BCUT2D eigenvalue weighted by atomic mass is 16.5. The monoisotopic (exact) mass is 420 g/mol. The number of aromatic nitrogens is 3. The molecule has 0 aliphatic heterocycles. The number of amides is 1. The molecule has 0 saturated heterocycles. The highest BCUT2D eigenvalue weighted by Gasteiger charge is 2.31. The van der Waals surface area contributed by atoms with E-state index in [-0.39, 0.29) is 11.5 Å². The van der Waals surface area contributed by atoms with Gasteiger partial charge in [-0.25, -0.2) is 9.31 Å². The zero-order chi connectivity index (χ0) is 22.0. The van der Waals surface area contributed by atoms with Gasteiger partial charge < -0.3 is 25.4 Å². The number of nitrogens with one attached hydrogen (secondary N) is 2. The third kappa shape index (κ3) is 4.30. The van der Waals surface area contributed by atoms with Gasteiger partial charge in [0.2, 0.25) is 0 Å². The van der Waals surface area contributed by atoms with Crippen LogP contribution in [0.15, 0.2) is 36.7 Å². The van der Waals surface area contributed by atoms with E-state index in [0.29, 0.717) is 29.4 Å². The number of rotatable bonds is 6. The number of ether oxygens (including phenoxy) is 1. The number of carbonyl (C=O) groups is 1. The van der Waals surface area contributed by atoms with Crippen LogP contribution in [0, 0.1) is 17.2 Å². The first kappa shape index (κ1) is 20.6. The van der Waals surface area contributed by atoms with Crippen molar-refractivity contribution in [1.29, 1.82) is 5.26 Å². The number of pyridine rings is 1. The largest absolute Gasteiger partial charge is 0.492 e. The zero-order valence-electron chi connectivity index (χ0n) is 16.8. The van der Waals surface area contributed by atoms with Crippen LogP contribution in [0.2, 0.25) is 0 Å². The maximum absolute atomic E-state index is 11.2. The van der Waals surface area contributed by atoms with Crippen molar-refractivity contribution < 1.29 is 19.6 Å². The van der Waals surface area contributed by atoms with E-state index in [4.69, 9.17) is 5.26 Å². The molecule has 1 fully saturated rings. The first-order valence-corrected chi connectivity index (χ1v) is 9.81. The lowest BCUT2D eigenvalue weighted by atomic mass is 9.77. The number of fused-ring (bicyclic) bond motifs is 1. The van der Waals surface area contributed by atoms with Gasteiger partial charge in [0.15, 0.2) is 0 Å². The Bertz CT molecular complexity index is 1150. The smallest absolute Gasteiger partial charge is 0.453 e. The van der Waals surface area contributed by atoms with Crippen LogP contribution in [-0.4, -0.2) is 57.6 Å². The second-order valence-electron chi connectivity index (χ2n) is 7.49. The highest BCUT2D eigenvalue weighted by Crippen LogP contribution is 2.30. The van der Waals surface area contributed by atoms with Crippen molar-refractivity contribution in [2.75, 3.05) is 19.0 Å². The summed E-state index contributed by atoms with van der Waals surface area (Å²) >= 11 is 0. The predicted molar refractivity (Wildman–Crippen MR) is 114 cm³/mol. The van der Waals surface area contributed by atoms with E-state index in [1.165, 1.54) is 19.5 Å². The van der Waals surface area contributed by atoms with E-state index >= 15 is 0 Å². The molecule has 3 heterocycles. The Labute approximate surface area is 178 Å². The minimum Gasteiger partial charge on any atom is -0.453 e. The molecule has 0 bridgehead atoms. The first-order chi connectivity index (χ1) is 15.0. The van der Waals surface area contributed by atoms with Crippen LogP contribution in [0.25, 0.3) is 16.9 Å². The summed E-state index contributed by atoms with van der Waals surface area (Å²) in [7, 11) is -0.337. The normalized spacial score (nSPS) is 17.5. The van der Waals surface area contributed by atoms with Gasteiger partial charge in [-0.2, -0.15) is 10.4 Å². The average Bonchev–Trinajstić information content (AvgIpc) is 3.17. The van der Waals surface area contributed by atoms with Crippen LogP contribution in [0.1, 0.15) is 18.4 Å². The SMILES string of the molecule is COC(=O)NCC1CC(Nc2cc(-c3ccc4cc(C#N)cnn34)ncc2B(O)O)C1. The molecule has 4 N–H and O–H groups in total. The Hall–Kier alpha value is -3.62. The molecule has 3 aromatic heterocycles. The van der Waals surface area contributed by atoms with Gasteiger partial charge >= 0.3 is 13.2 Å². The number of anilines is 1. The van der Waals surface area contributed by atoms with Crippen molar-refractivity contribution in [3.05, 3.63) is 42.2 Å². The van der Waals surface area contributed by atoms with Gasteiger partial charge in [0.1, 0.15) is 6.07 Å². The van der Waals surface area contributed by atoms with E-state index in [1.807, 2.05) is 12.1 Å². The number of alkyl carbamates (subject to hydrolysis) is 1. The second kappa shape index (κ2) is 8.63. The van der Waals surface area contributed by atoms with Gasteiger partial charge in [-0.15, -0.1) is 0 Å². The second-order valence-corrected chi connectivity index (χ2v) is 7.49. The summed E-state index contributed by atoms with van der Waals surface area (Å²) in [6, 6.07) is 9.39. The Balaban J connectivity index is 1.53. The fraction of sp³-hybridized carbons (Fsp3) is 0.300. The van der Waals surface area contributed by atoms with Crippen molar-refractivity contribution in [3.63, 3.8) is 0 Å². The van der Waals surface area contributed by atoms with E-state index in [2.05, 4.69) is 31.5 Å². The summed E-state index contributed by atoms with van der Waals surface area (Å²) in [4.78, 5) is 15.6. The van der Waals surface area contributed by atoms with E-state index in [1.54, 1.807) is 16.6 Å². The van der Waals surface area contributed by atoms with Gasteiger partial charge in [-0.3, -0.25) is 4.98 Å². The average molecular weight is 420 g/mol. The van der Waals surface area contributed by atoms with Crippen LogP contribution in [0.5, 0.6) is 0 Å². The third-order valence-electron chi connectivity index (χ3n) is 5.42. The molecule has 158 valence electrons. The van der Waals surface area contributed by atoms with Crippen molar-refractivity contribution >= 4 is 29.9 Å². The number of hydrogen-bond donors (Lipinski definition) is 4. The van der Waals surface area contributed by atoms with Crippen LogP contribution in [-0.2, 0) is 4.74 Å². The lowest BCUT2D eigenvalue weighted by Gasteiger charge is -2.37. The predicted octanol–water partition coefficient (Wildman–Crippen LogP) is 0.494. The van der Waals surface area contributed by atoms with Crippen LogP contribution >= 0.6 is 0 Å². The number of hydrogen-bond acceptors (Lipinski definition) is 8. The summed E-state index contributed by atoms with van der Waals surface area (Å²) in [5.41, 5.74) is 3.40. The molecule has 0 radical (unpaired) electrons. The maximum Gasteiger partial charge on any atom is 0.492 e. The fourth-order valence-corrected chi connectivity index (χ4v) is 3.73. The Kier molecular flexibility index (Phi) is 5.75. The molecule has 0 spiro atoms. The Morgan fingerprint density at radius 1 is 1.35 bits per heavy atom. The van der Waals surface area contributed by atoms with Gasteiger partial charge in [-0.1, -0.05) is 0 Å². The topological polar surface area (TPSA) is 145 Å². The number of methoxy groups -OCH3 is 1. The van der Waals surface area contributed by atoms with Crippen molar-refractivity contribution in [1.82, 2.24) is 19.9 Å². The first-order valence-electron chi connectivity index (χ1n) is 9.81. The molecule has 10 nitrogen and oxygen atoms in total. The molecule has 3 aromatic rings. The van der Waals surface area contributed by atoms with Crippen molar-refractivity contribution in [2.24, 2.45) is 5.92 Å². The van der Waals surface area contributed by atoms with Crippen molar-refractivity contribution in [3.8, 4) is 17.5 Å². The zero-order valence-corrected chi connectivity index (χ0v) is 16.8. The summed E-state index contributed by atoms with van der Waals surface area (Å²) in [5.74, 6) is 0.327. The van der Waals surface area contributed by atoms with E-state index in [0.717, 1.165) is 24.1 Å². The lowest BCUT2D eigenvalue weighted by Crippen LogP contribution is -2.44. The van der Waals surface area contributed by atoms with E-state index in [9.17, 15) is 14.8 Å². The van der Waals surface area contributed by atoms with Gasteiger partial charge in [0.25, 0.3) is 0 Å². The van der Waals surface area contributed by atoms with Crippen LogP contribution < -0.4 is 16.1 Å². The number of nitrogens with zero attached hydrogens (tertiary/aromatic N) is 4. The molecule has 1 saturated carbocycles. The molecule has 1 amide bonds. The summed E-state index contributed by atoms with van der Waals surface area (Å²) < 4.78 is 6.26. The Morgan fingerprint density at radius 3 is 2.87 bits per heavy atom. The molecule has 0 atom stereocenters. The molecule has 0 aromatic carbocycles. The molecule has 4 rings (SSSR count). The molecule has 0 unspecified atom stereocenters. The lowest BCUT2D eigenvalue weighted by molar-refractivity contribution is 0.164. The fourth-order valence-electron chi connectivity index (χ4n) is 3.73. The van der Waals surface area contributed by atoms with Crippen LogP contribution in [0.3, 0.4) is 0 Å². The maximum atomic E-state index is 11.2. The Morgan fingerprint density at radius 2 is 2.16 bits per heavy atom. The van der Waals surface area contributed by atoms with Gasteiger partial charge in [-0.05, 0) is 43.0 Å². The molecule has 11 heteroatoms. The minimum absolute atomic E-state index is 0.137. The summed E-state index contributed by atoms with van der Waals surface area (Å²) in [6.45, 7) is 0.536. The summed E-state index contributed by atoms with van der Waals surface area (Å²) in [6.07, 6.45) is 4.12. The molecule has 1 aliphatic carbocycles. The molecule has 31 heavy (non-hydrogen) atoms. The van der Waals surface area contributed by atoms with Crippen molar-refractivity contribution in [2.45, 2.75) is 18.9 Å². The molecule has 1 aliphatic rings. The van der Waals surface area contributed by atoms with Gasteiger partial charge in [0.05, 0.1) is 35.8 Å². The number of nitriles is 1. The standard InChI is InChI=1S/C20H21BN6O4/c1-31-20(28)24-9-12-4-14(5-12)26-17-7-18(23-11-16(17)21(29)30)19-3-2-15-6-13(8-22)10-25-27(15)19/h2-3,6-7,10-12,14,29-30H,4-5,9H2,1H3,(H,23,26)(H,24,28).